The largest absolute Gasteiger partial charge is 0.497 e. The standard InChI is InChI=1S/C19H17ClN2O5S/c1-25-13-6-11(7-14(9-13)26-2)18(24)21-19-22(10-17(23)27-3)15-5-4-12(20)8-16(15)28-19/h4-9H,10H2,1-3H3. The van der Waals surface area contributed by atoms with Crippen molar-refractivity contribution in [2.45, 2.75) is 6.54 Å². The number of amides is 1. The first kappa shape index (κ1) is 19.9. The molecule has 0 aliphatic carbocycles. The number of nitrogens with zero attached hydrogens (tertiary/aromatic N) is 2. The number of hydrogen-bond donors (Lipinski definition) is 0. The molecular formula is C19H17ClN2O5S. The Balaban J connectivity index is 2.13. The molecule has 9 heteroatoms. The van der Waals surface area contributed by atoms with Gasteiger partial charge in [0.1, 0.15) is 18.0 Å². The van der Waals surface area contributed by atoms with E-state index in [2.05, 4.69) is 4.99 Å². The van der Waals surface area contributed by atoms with Crippen molar-refractivity contribution >= 4 is 45.0 Å². The molecule has 1 amide bonds. The number of halogens is 1. The van der Waals surface area contributed by atoms with Gasteiger partial charge in [0.05, 0.1) is 31.5 Å². The third-order valence-corrected chi connectivity index (χ3v) is 5.23. The highest BCUT2D eigenvalue weighted by molar-refractivity contribution is 7.16. The second-order valence-electron chi connectivity index (χ2n) is 5.68. The number of thiazole rings is 1. The minimum absolute atomic E-state index is 0.0777. The van der Waals surface area contributed by atoms with Crippen LogP contribution in [0.25, 0.3) is 10.2 Å². The number of hydrogen-bond acceptors (Lipinski definition) is 6. The van der Waals surface area contributed by atoms with Crippen LogP contribution in [0.5, 0.6) is 11.5 Å². The van der Waals surface area contributed by atoms with Crippen molar-refractivity contribution in [3.8, 4) is 11.5 Å². The summed E-state index contributed by atoms with van der Waals surface area (Å²) in [5.41, 5.74) is 1.03. The zero-order chi connectivity index (χ0) is 20.3. The highest BCUT2D eigenvalue weighted by Crippen LogP contribution is 2.24. The first-order valence-electron chi connectivity index (χ1n) is 8.13. The quantitative estimate of drug-likeness (QED) is 0.592. The van der Waals surface area contributed by atoms with Crippen molar-refractivity contribution < 1.29 is 23.8 Å². The number of methoxy groups -OCH3 is 3. The van der Waals surface area contributed by atoms with Gasteiger partial charge in [0.25, 0.3) is 5.91 Å². The van der Waals surface area contributed by atoms with Gasteiger partial charge >= 0.3 is 5.97 Å². The molecular weight excluding hydrogens is 404 g/mol. The van der Waals surface area contributed by atoms with Crippen LogP contribution < -0.4 is 14.3 Å². The summed E-state index contributed by atoms with van der Waals surface area (Å²) in [6.45, 7) is -0.0777. The lowest BCUT2D eigenvalue weighted by atomic mass is 10.2. The zero-order valence-corrected chi connectivity index (χ0v) is 17.0. The summed E-state index contributed by atoms with van der Waals surface area (Å²) in [5, 5.41) is 0.550. The molecule has 0 bridgehead atoms. The van der Waals surface area contributed by atoms with Gasteiger partial charge in [-0.05, 0) is 30.3 Å². The fourth-order valence-corrected chi connectivity index (χ4v) is 3.86. The molecule has 1 aromatic heterocycles. The second-order valence-corrected chi connectivity index (χ2v) is 7.12. The number of carbonyl (C=O) groups excluding carboxylic acids is 2. The molecule has 3 rings (SSSR count). The molecule has 0 fully saturated rings. The minimum Gasteiger partial charge on any atom is -0.497 e. The zero-order valence-electron chi connectivity index (χ0n) is 15.4. The van der Waals surface area contributed by atoms with E-state index >= 15 is 0 Å². The normalized spacial score (nSPS) is 11.5. The number of carbonyl (C=O) groups is 2. The van der Waals surface area contributed by atoms with E-state index in [1.165, 1.54) is 32.7 Å². The van der Waals surface area contributed by atoms with Gasteiger partial charge in [-0.25, -0.2) is 0 Å². The average Bonchev–Trinajstić information content (AvgIpc) is 3.03. The maximum absolute atomic E-state index is 12.8. The van der Waals surface area contributed by atoms with E-state index in [1.807, 2.05) is 0 Å². The lowest BCUT2D eigenvalue weighted by molar-refractivity contribution is -0.141. The molecule has 0 unspecified atom stereocenters. The fourth-order valence-electron chi connectivity index (χ4n) is 2.56. The SMILES string of the molecule is COC(=O)Cn1c(=NC(=O)c2cc(OC)cc(OC)c2)sc2cc(Cl)ccc21. The summed E-state index contributed by atoms with van der Waals surface area (Å²) >= 11 is 7.32. The lowest BCUT2D eigenvalue weighted by Gasteiger charge is -2.06. The van der Waals surface area contributed by atoms with Crippen LogP contribution in [0, 0.1) is 0 Å². The molecule has 0 saturated heterocycles. The molecule has 146 valence electrons. The predicted octanol–water partition coefficient (Wildman–Crippen LogP) is 3.29. The summed E-state index contributed by atoms with van der Waals surface area (Å²) in [7, 11) is 4.30. The Morgan fingerprint density at radius 1 is 1.07 bits per heavy atom. The molecule has 0 radical (unpaired) electrons. The van der Waals surface area contributed by atoms with Gasteiger partial charge in [-0.15, -0.1) is 0 Å². The Morgan fingerprint density at radius 3 is 2.36 bits per heavy atom. The smallest absolute Gasteiger partial charge is 0.325 e. The highest BCUT2D eigenvalue weighted by Gasteiger charge is 2.14. The third kappa shape index (κ3) is 4.18. The molecule has 0 saturated carbocycles. The summed E-state index contributed by atoms with van der Waals surface area (Å²) in [5.74, 6) is 0.00647. The van der Waals surface area contributed by atoms with Crippen LogP contribution in [0.4, 0.5) is 0 Å². The van der Waals surface area contributed by atoms with E-state index in [-0.39, 0.29) is 6.54 Å². The molecule has 1 heterocycles. The number of ether oxygens (including phenoxy) is 3. The highest BCUT2D eigenvalue weighted by atomic mass is 35.5. The van der Waals surface area contributed by atoms with Crippen LogP contribution in [0.15, 0.2) is 41.4 Å². The molecule has 7 nitrogen and oxygen atoms in total. The fraction of sp³-hybridized carbons (Fsp3) is 0.211. The second kappa shape index (κ2) is 8.45. The van der Waals surface area contributed by atoms with Gasteiger partial charge < -0.3 is 18.8 Å². The van der Waals surface area contributed by atoms with Crippen molar-refractivity contribution in [3.63, 3.8) is 0 Å². The lowest BCUT2D eigenvalue weighted by Crippen LogP contribution is -2.22. The van der Waals surface area contributed by atoms with E-state index in [9.17, 15) is 9.59 Å². The Morgan fingerprint density at radius 2 is 1.75 bits per heavy atom. The first-order chi connectivity index (χ1) is 13.4. The van der Waals surface area contributed by atoms with E-state index in [0.29, 0.717) is 26.9 Å². The van der Waals surface area contributed by atoms with Gasteiger partial charge in [-0.1, -0.05) is 22.9 Å². The molecule has 0 N–H and O–H groups in total. The van der Waals surface area contributed by atoms with Crippen LogP contribution >= 0.6 is 22.9 Å². The number of benzene rings is 2. The maximum atomic E-state index is 12.8. The summed E-state index contributed by atoms with van der Waals surface area (Å²) in [4.78, 5) is 29.2. The Labute approximate surface area is 169 Å². The molecule has 28 heavy (non-hydrogen) atoms. The molecule has 0 spiro atoms. The minimum atomic E-state index is -0.492. The molecule has 0 aliphatic heterocycles. The number of rotatable bonds is 5. The first-order valence-corrected chi connectivity index (χ1v) is 9.32. The number of fused-ring (bicyclic) bond motifs is 1. The van der Waals surface area contributed by atoms with Crippen molar-refractivity contribution in [1.29, 1.82) is 0 Å². The Bertz CT molecular complexity index is 1100. The van der Waals surface area contributed by atoms with Crippen molar-refractivity contribution in [2.75, 3.05) is 21.3 Å². The van der Waals surface area contributed by atoms with Crippen LogP contribution in [0.3, 0.4) is 0 Å². The van der Waals surface area contributed by atoms with Crippen molar-refractivity contribution in [1.82, 2.24) is 4.57 Å². The van der Waals surface area contributed by atoms with E-state index in [1.54, 1.807) is 41.0 Å². The predicted molar refractivity (Wildman–Crippen MR) is 106 cm³/mol. The molecule has 3 aromatic rings. The Kier molecular flexibility index (Phi) is 6.01. The van der Waals surface area contributed by atoms with Gasteiger partial charge in [-0.3, -0.25) is 9.59 Å². The van der Waals surface area contributed by atoms with E-state index in [4.69, 9.17) is 25.8 Å². The molecule has 0 atom stereocenters. The van der Waals surface area contributed by atoms with Crippen LogP contribution in [0.2, 0.25) is 5.02 Å². The molecule has 0 aliphatic rings. The van der Waals surface area contributed by atoms with Crippen LogP contribution in [-0.2, 0) is 16.1 Å². The van der Waals surface area contributed by atoms with Gasteiger partial charge in [0, 0.05) is 16.7 Å². The molecule has 2 aromatic carbocycles. The average molecular weight is 421 g/mol. The topological polar surface area (TPSA) is 79.1 Å². The van der Waals surface area contributed by atoms with Gasteiger partial charge in [0.15, 0.2) is 4.80 Å². The number of aromatic nitrogens is 1. The summed E-state index contributed by atoms with van der Waals surface area (Å²) < 4.78 is 17.6. The van der Waals surface area contributed by atoms with Crippen LogP contribution in [0.1, 0.15) is 10.4 Å². The maximum Gasteiger partial charge on any atom is 0.325 e. The summed E-state index contributed by atoms with van der Waals surface area (Å²) in [6.07, 6.45) is 0. The summed E-state index contributed by atoms with van der Waals surface area (Å²) in [6, 6.07) is 10.0. The van der Waals surface area contributed by atoms with E-state index in [0.717, 1.165) is 10.2 Å². The van der Waals surface area contributed by atoms with Crippen molar-refractivity contribution in [2.24, 2.45) is 4.99 Å². The number of esters is 1. The van der Waals surface area contributed by atoms with Gasteiger partial charge in [-0.2, -0.15) is 4.99 Å². The van der Waals surface area contributed by atoms with E-state index < -0.39 is 11.9 Å². The third-order valence-electron chi connectivity index (χ3n) is 3.96. The monoisotopic (exact) mass is 420 g/mol. The van der Waals surface area contributed by atoms with Gasteiger partial charge in [0.2, 0.25) is 0 Å². The van der Waals surface area contributed by atoms with Crippen molar-refractivity contribution in [3.05, 3.63) is 51.8 Å². The Hall–Kier alpha value is -2.84. The van der Waals surface area contributed by atoms with Crippen LogP contribution in [-0.4, -0.2) is 37.8 Å².